The van der Waals surface area contributed by atoms with Crippen LogP contribution < -0.4 is 5.32 Å². The summed E-state index contributed by atoms with van der Waals surface area (Å²) in [6, 6.07) is 5.75. The molecule has 0 aromatic heterocycles. The molecule has 2 aliphatic heterocycles. The van der Waals surface area contributed by atoms with E-state index < -0.39 is 0 Å². The van der Waals surface area contributed by atoms with Gasteiger partial charge in [0.15, 0.2) is 0 Å². The van der Waals surface area contributed by atoms with Gasteiger partial charge in [0.1, 0.15) is 5.75 Å². The Morgan fingerprint density at radius 1 is 1.19 bits per heavy atom. The van der Waals surface area contributed by atoms with E-state index in [-0.39, 0.29) is 6.04 Å². The quantitative estimate of drug-likeness (QED) is 0.711. The molecular weight excluding hydrogens is 260 g/mol. The van der Waals surface area contributed by atoms with Gasteiger partial charge in [-0.1, -0.05) is 0 Å². The Balaban J connectivity index is 1.94. The number of benzene rings is 1. The summed E-state index contributed by atoms with van der Waals surface area (Å²) in [6.45, 7) is 4.34. The van der Waals surface area contributed by atoms with Crippen molar-refractivity contribution in [3.8, 4) is 5.75 Å². The highest BCUT2D eigenvalue weighted by Gasteiger charge is 2.33. The van der Waals surface area contributed by atoms with E-state index in [1.54, 1.807) is 6.07 Å². The molecule has 1 aliphatic carbocycles. The van der Waals surface area contributed by atoms with E-state index in [1.165, 1.54) is 28.0 Å². The maximum Gasteiger partial charge on any atom is 0.116 e. The van der Waals surface area contributed by atoms with Gasteiger partial charge in [-0.25, -0.2) is 0 Å². The number of nitrogens with one attached hydrogen (secondary N) is 1. The maximum atomic E-state index is 9.78. The van der Waals surface area contributed by atoms with Crippen LogP contribution in [-0.2, 0) is 0 Å². The topological polar surface area (TPSA) is 35.5 Å². The van der Waals surface area contributed by atoms with Crippen LogP contribution in [0.5, 0.6) is 5.75 Å². The van der Waals surface area contributed by atoms with Crippen LogP contribution in [0.2, 0.25) is 0 Å². The number of hydrogen-bond donors (Lipinski definition) is 2. The maximum absolute atomic E-state index is 9.78. The van der Waals surface area contributed by atoms with E-state index in [2.05, 4.69) is 49.5 Å². The van der Waals surface area contributed by atoms with Crippen molar-refractivity contribution in [3.63, 3.8) is 0 Å². The second kappa shape index (κ2) is 4.04. The second-order valence-electron chi connectivity index (χ2n) is 5.93. The molecule has 0 amide bonds. The van der Waals surface area contributed by atoms with Gasteiger partial charge in [-0.2, -0.15) is 0 Å². The van der Waals surface area contributed by atoms with Crippen molar-refractivity contribution in [1.82, 2.24) is 4.90 Å². The molecule has 1 aromatic rings. The number of aromatic hydroxyl groups is 1. The lowest BCUT2D eigenvalue weighted by atomic mass is 9.82. The summed E-state index contributed by atoms with van der Waals surface area (Å²) in [5.41, 5.74) is 8.63. The molecule has 3 heteroatoms. The number of nitrogens with zero attached hydrogens (tertiary/aromatic N) is 1. The normalized spacial score (nSPS) is 22.7. The average Bonchev–Trinajstić information content (AvgIpc) is 2.82. The highest BCUT2D eigenvalue weighted by Crippen LogP contribution is 2.46. The number of rotatable bonds is 0. The van der Waals surface area contributed by atoms with Crippen molar-refractivity contribution in [2.75, 3.05) is 12.4 Å². The molecular formula is C18H18N2O. The number of fused-ring (bicyclic) bond motifs is 4. The van der Waals surface area contributed by atoms with Crippen LogP contribution in [-0.4, -0.2) is 23.1 Å². The van der Waals surface area contributed by atoms with Gasteiger partial charge in [0.25, 0.3) is 0 Å². The Morgan fingerprint density at radius 3 is 2.81 bits per heavy atom. The fourth-order valence-electron chi connectivity index (χ4n) is 3.40. The molecule has 3 aliphatic rings. The first-order valence-electron chi connectivity index (χ1n) is 7.21. The van der Waals surface area contributed by atoms with Gasteiger partial charge >= 0.3 is 0 Å². The fraction of sp³-hybridized carbons (Fsp3) is 0.222. The Kier molecular flexibility index (Phi) is 2.37. The van der Waals surface area contributed by atoms with Crippen LogP contribution in [0.1, 0.15) is 19.4 Å². The van der Waals surface area contributed by atoms with E-state index in [1.807, 2.05) is 12.1 Å². The molecule has 1 atom stereocenters. The first kappa shape index (κ1) is 12.3. The van der Waals surface area contributed by atoms with Gasteiger partial charge < -0.3 is 15.3 Å². The van der Waals surface area contributed by atoms with Gasteiger partial charge in [-0.15, -0.1) is 0 Å². The molecule has 0 saturated carbocycles. The van der Waals surface area contributed by atoms with Crippen LogP contribution in [0.4, 0.5) is 5.69 Å². The minimum atomic E-state index is 0.210. The zero-order valence-corrected chi connectivity index (χ0v) is 12.4. The summed E-state index contributed by atoms with van der Waals surface area (Å²) in [4.78, 5) is 2.15. The number of phenols is 1. The van der Waals surface area contributed by atoms with Crippen LogP contribution in [0.25, 0.3) is 5.57 Å². The molecule has 0 fully saturated rings. The molecule has 0 radical (unpaired) electrons. The standard InChI is InChI=1S/C18H18N2O/c1-10-13-6-7-20(3)11(2)14(13)9-16-15-8-12(21)4-5-17(15)19-18(10)16/h4-9,18-19,21H,1-3H3/t18-/m0/s1. The number of anilines is 1. The highest BCUT2D eigenvalue weighted by atomic mass is 16.3. The SMILES string of the molecule is CC1=C2C=CN(C)C(C)=C2C=C2c3cc(O)ccc3N[C@H]21. The molecule has 106 valence electrons. The van der Waals surface area contributed by atoms with E-state index in [0.29, 0.717) is 5.75 Å². The molecule has 2 N–H and O–H groups in total. The Labute approximate surface area is 124 Å². The summed E-state index contributed by atoms with van der Waals surface area (Å²) in [6.07, 6.45) is 6.57. The Hall–Kier alpha value is -2.42. The zero-order chi connectivity index (χ0) is 14.7. The van der Waals surface area contributed by atoms with Crippen LogP contribution >= 0.6 is 0 Å². The number of hydrogen-bond acceptors (Lipinski definition) is 3. The average molecular weight is 278 g/mol. The molecule has 3 nitrogen and oxygen atoms in total. The minimum Gasteiger partial charge on any atom is -0.508 e. The molecule has 0 unspecified atom stereocenters. The molecule has 0 bridgehead atoms. The molecule has 4 rings (SSSR count). The Morgan fingerprint density at radius 2 is 2.00 bits per heavy atom. The van der Waals surface area contributed by atoms with Gasteiger partial charge in [-0.05, 0) is 60.9 Å². The molecule has 2 heterocycles. The van der Waals surface area contributed by atoms with Crippen molar-refractivity contribution in [3.05, 3.63) is 64.5 Å². The number of phenolic OH excluding ortho intramolecular Hbond substituents is 1. The number of allylic oxidation sites excluding steroid dienone is 5. The first-order chi connectivity index (χ1) is 10.1. The zero-order valence-electron chi connectivity index (χ0n) is 12.4. The molecule has 21 heavy (non-hydrogen) atoms. The largest absolute Gasteiger partial charge is 0.508 e. The predicted octanol–water partition coefficient (Wildman–Crippen LogP) is 3.63. The lowest BCUT2D eigenvalue weighted by Crippen LogP contribution is -2.24. The molecule has 0 spiro atoms. The first-order valence-corrected chi connectivity index (χ1v) is 7.21. The summed E-state index contributed by atoms with van der Waals surface area (Å²) in [5.74, 6) is 0.316. The second-order valence-corrected chi connectivity index (χ2v) is 5.93. The van der Waals surface area contributed by atoms with E-state index in [0.717, 1.165) is 11.3 Å². The van der Waals surface area contributed by atoms with Crippen LogP contribution in [0, 0.1) is 0 Å². The van der Waals surface area contributed by atoms with Gasteiger partial charge in [-0.3, -0.25) is 0 Å². The third-order valence-corrected chi connectivity index (χ3v) is 4.76. The lowest BCUT2D eigenvalue weighted by molar-refractivity contribution is 0.475. The third-order valence-electron chi connectivity index (χ3n) is 4.76. The molecule has 1 aromatic carbocycles. The summed E-state index contributed by atoms with van der Waals surface area (Å²) in [5, 5.41) is 13.3. The van der Waals surface area contributed by atoms with Gasteiger partial charge in [0.05, 0.1) is 6.04 Å². The Bertz CT molecular complexity index is 780. The minimum absolute atomic E-state index is 0.210. The summed E-state index contributed by atoms with van der Waals surface area (Å²) < 4.78 is 0. The smallest absolute Gasteiger partial charge is 0.116 e. The van der Waals surface area contributed by atoms with E-state index >= 15 is 0 Å². The highest BCUT2D eigenvalue weighted by molar-refractivity contribution is 5.93. The fourth-order valence-corrected chi connectivity index (χ4v) is 3.40. The van der Waals surface area contributed by atoms with E-state index in [4.69, 9.17) is 0 Å². The van der Waals surface area contributed by atoms with Gasteiger partial charge in [0, 0.05) is 35.8 Å². The van der Waals surface area contributed by atoms with Gasteiger partial charge in [0.2, 0.25) is 0 Å². The molecule has 0 saturated heterocycles. The monoisotopic (exact) mass is 278 g/mol. The third kappa shape index (κ3) is 1.60. The lowest BCUT2D eigenvalue weighted by Gasteiger charge is -2.30. The summed E-state index contributed by atoms with van der Waals surface area (Å²) >= 11 is 0. The van der Waals surface area contributed by atoms with Crippen molar-refractivity contribution in [2.24, 2.45) is 0 Å². The van der Waals surface area contributed by atoms with Crippen molar-refractivity contribution < 1.29 is 5.11 Å². The van der Waals surface area contributed by atoms with Crippen molar-refractivity contribution in [2.45, 2.75) is 19.9 Å². The predicted molar refractivity (Wildman–Crippen MR) is 85.8 cm³/mol. The summed E-state index contributed by atoms with van der Waals surface area (Å²) in [7, 11) is 2.07. The van der Waals surface area contributed by atoms with E-state index in [9.17, 15) is 5.11 Å². The van der Waals surface area contributed by atoms with Crippen molar-refractivity contribution in [1.29, 1.82) is 0 Å². The van der Waals surface area contributed by atoms with Crippen LogP contribution in [0.15, 0.2) is 59.0 Å². The van der Waals surface area contributed by atoms with Crippen molar-refractivity contribution >= 4 is 11.3 Å². The van der Waals surface area contributed by atoms with Crippen LogP contribution in [0.3, 0.4) is 0 Å².